The van der Waals surface area contributed by atoms with E-state index in [0.717, 1.165) is 42.5 Å². The fraction of sp³-hybridized carbons (Fsp3) is 0.333. The Morgan fingerprint density at radius 1 is 1.45 bits per heavy atom. The average Bonchev–Trinajstić information content (AvgIpc) is 3.06. The van der Waals surface area contributed by atoms with Crippen LogP contribution in [-0.4, -0.2) is 30.8 Å². The maximum atomic E-state index is 11.7. The number of hydrogen-bond acceptors (Lipinski definition) is 5. The Balaban J connectivity index is 1.96. The summed E-state index contributed by atoms with van der Waals surface area (Å²) in [5, 5.41) is 2.56. The van der Waals surface area contributed by atoms with Gasteiger partial charge in [0.05, 0.1) is 15.6 Å². The molecule has 5 nitrogen and oxygen atoms in total. The number of nitrogens with one attached hydrogen (secondary N) is 1. The van der Waals surface area contributed by atoms with E-state index in [-0.39, 0.29) is 11.1 Å². The maximum absolute atomic E-state index is 11.7. The monoisotopic (exact) mass is 337 g/mol. The second-order valence-electron chi connectivity index (χ2n) is 5.37. The molecule has 2 aliphatic rings. The second-order valence-corrected chi connectivity index (χ2v) is 6.79. The predicted molar refractivity (Wildman–Crippen MR) is 89.9 cm³/mol. The minimum absolute atomic E-state index is 0.343. The topological polar surface area (TPSA) is 75.4 Å². The van der Waals surface area contributed by atoms with E-state index in [1.54, 1.807) is 6.08 Å². The molecule has 116 valence electrons. The number of nitrogens with zero attached hydrogens (tertiary/aromatic N) is 1. The van der Waals surface area contributed by atoms with Crippen molar-refractivity contribution in [1.82, 2.24) is 5.32 Å². The second kappa shape index (κ2) is 6.32. The smallest absolute Gasteiger partial charge is 0.290 e. The average molecular weight is 338 g/mol. The number of para-hydroxylation sites is 1. The molecule has 2 saturated heterocycles. The molecule has 7 heteroatoms. The van der Waals surface area contributed by atoms with Crippen molar-refractivity contribution in [2.24, 2.45) is 11.7 Å². The minimum atomic E-state index is -0.359. The van der Waals surface area contributed by atoms with Gasteiger partial charge in [-0.3, -0.25) is 14.9 Å². The van der Waals surface area contributed by atoms with Crippen LogP contribution in [0.1, 0.15) is 12.0 Å². The largest absolute Gasteiger partial charge is 0.370 e. The van der Waals surface area contributed by atoms with Crippen LogP contribution < -0.4 is 16.0 Å². The quantitative estimate of drug-likeness (QED) is 0.829. The minimum Gasteiger partial charge on any atom is -0.370 e. The third-order valence-electron chi connectivity index (χ3n) is 3.88. The third-order valence-corrected chi connectivity index (χ3v) is 5.00. The van der Waals surface area contributed by atoms with Crippen LogP contribution in [0.4, 0.5) is 10.5 Å². The number of amides is 2. The van der Waals surface area contributed by atoms with E-state index in [0.29, 0.717) is 22.4 Å². The van der Waals surface area contributed by atoms with Crippen molar-refractivity contribution < 1.29 is 9.59 Å². The summed E-state index contributed by atoms with van der Waals surface area (Å²) in [4.78, 5) is 25.6. The van der Waals surface area contributed by atoms with Gasteiger partial charge in [-0.1, -0.05) is 23.7 Å². The number of carbonyl (C=O) groups is 2. The molecule has 0 spiro atoms. The summed E-state index contributed by atoms with van der Waals surface area (Å²) in [7, 11) is 0. The Labute approximate surface area is 137 Å². The standard InChI is InChI=1S/C15H16ClN3O2S/c16-11-3-1-2-10(6-12-14(20)18-15(21)22-12)13(11)19-5-4-9(7-17)8-19/h1-3,6,9H,4-5,7-8,17H2,(H,18,20,21)/b12-6-/t9-/m1/s1. The fourth-order valence-corrected chi connectivity index (χ4v) is 3.75. The van der Waals surface area contributed by atoms with Crippen LogP contribution in [-0.2, 0) is 4.79 Å². The van der Waals surface area contributed by atoms with E-state index in [1.807, 2.05) is 18.2 Å². The molecule has 1 aromatic carbocycles. The third kappa shape index (κ3) is 2.99. The van der Waals surface area contributed by atoms with Crippen LogP contribution >= 0.6 is 23.4 Å². The molecule has 1 atom stereocenters. The van der Waals surface area contributed by atoms with E-state index in [9.17, 15) is 9.59 Å². The molecule has 22 heavy (non-hydrogen) atoms. The molecule has 0 aliphatic carbocycles. The number of nitrogens with two attached hydrogens (primary N) is 1. The Kier molecular flexibility index (Phi) is 4.42. The molecule has 2 amide bonds. The van der Waals surface area contributed by atoms with Gasteiger partial charge >= 0.3 is 0 Å². The fourth-order valence-electron chi connectivity index (χ4n) is 2.77. The van der Waals surface area contributed by atoms with Gasteiger partial charge in [0.25, 0.3) is 11.1 Å². The Morgan fingerprint density at radius 3 is 2.91 bits per heavy atom. The highest BCUT2D eigenvalue weighted by atomic mass is 35.5. The molecule has 1 aromatic rings. The van der Waals surface area contributed by atoms with Crippen molar-refractivity contribution in [3.8, 4) is 0 Å². The number of imide groups is 1. The number of rotatable bonds is 3. The van der Waals surface area contributed by atoms with Gasteiger partial charge in [0.2, 0.25) is 0 Å². The summed E-state index contributed by atoms with van der Waals surface area (Å²) < 4.78 is 0. The summed E-state index contributed by atoms with van der Waals surface area (Å²) in [5.74, 6) is 0.102. The molecule has 0 saturated carbocycles. The Morgan fingerprint density at radius 2 is 2.27 bits per heavy atom. The van der Waals surface area contributed by atoms with Crippen molar-refractivity contribution in [3.05, 3.63) is 33.7 Å². The van der Waals surface area contributed by atoms with E-state index in [4.69, 9.17) is 17.3 Å². The van der Waals surface area contributed by atoms with Crippen molar-refractivity contribution >= 4 is 46.3 Å². The number of anilines is 1. The van der Waals surface area contributed by atoms with Gasteiger partial charge in [0.15, 0.2) is 0 Å². The van der Waals surface area contributed by atoms with Gasteiger partial charge in [0.1, 0.15) is 0 Å². The van der Waals surface area contributed by atoms with Crippen molar-refractivity contribution in [2.45, 2.75) is 6.42 Å². The highest BCUT2D eigenvalue weighted by Gasteiger charge is 2.27. The highest BCUT2D eigenvalue weighted by Crippen LogP contribution is 2.36. The zero-order valence-corrected chi connectivity index (χ0v) is 13.4. The van der Waals surface area contributed by atoms with E-state index < -0.39 is 0 Å². The number of carbonyl (C=O) groups excluding carboxylic acids is 2. The van der Waals surface area contributed by atoms with Crippen LogP contribution in [0.25, 0.3) is 6.08 Å². The summed E-state index contributed by atoms with van der Waals surface area (Å²) in [5.41, 5.74) is 7.50. The first-order valence-electron chi connectivity index (χ1n) is 7.07. The van der Waals surface area contributed by atoms with Gasteiger partial charge in [-0.2, -0.15) is 0 Å². The molecule has 2 fully saturated rings. The molecule has 0 aromatic heterocycles. The lowest BCUT2D eigenvalue weighted by atomic mass is 10.1. The Bertz CT molecular complexity index is 662. The van der Waals surface area contributed by atoms with Crippen molar-refractivity contribution in [2.75, 3.05) is 24.5 Å². The van der Waals surface area contributed by atoms with Crippen LogP contribution in [0.3, 0.4) is 0 Å². The first-order chi connectivity index (χ1) is 10.6. The van der Waals surface area contributed by atoms with Crippen LogP contribution in [0, 0.1) is 5.92 Å². The summed E-state index contributed by atoms with van der Waals surface area (Å²) in [6.45, 7) is 2.40. The molecule has 3 N–H and O–H groups in total. The van der Waals surface area contributed by atoms with Gasteiger partial charge in [-0.25, -0.2) is 0 Å². The lowest BCUT2D eigenvalue weighted by molar-refractivity contribution is -0.115. The first-order valence-corrected chi connectivity index (χ1v) is 8.26. The van der Waals surface area contributed by atoms with Gasteiger partial charge in [-0.05, 0) is 42.8 Å². The molecule has 2 aliphatic heterocycles. The molecule has 0 radical (unpaired) electrons. The number of hydrogen-bond donors (Lipinski definition) is 2. The zero-order valence-electron chi connectivity index (χ0n) is 11.8. The summed E-state index contributed by atoms with van der Waals surface area (Å²) >= 11 is 7.28. The number of benzene rings is 1. The number of thioether (sulfide) groups is 1. The normalized spacial score (nSPS) is 23.5. The first kappa shape index (κ1) is 15.4. The van der Waals surface area contributed by atoms with E-state index in [1.165, 1.54) is 0 Å². The zero-order chi connectivity index (χ0) is 15.7. The lowest BCUT2D eigenvalue weighted by Crippen LogP contribution is -2.23. The van der Waals surface area contributed by atoms with Crippen LogP contribution in [0.5, 0.6) is 0 Å². The molecular weight excluding hydrogens is 322 g/mol. The van der Waals surface area contributed by atoms with Gasteiger partial charge < -0.3 is 10.6 Å². The molecule has 3 rings (SSSR count). The maximum Gasteiger partial charge on any atom is 0.290 e. The summed E-state index contributed by atoms with van der Waals surface area (Å²) in [6.07, 6.45) is 2.76. The number of halogens is 1. The van der Waals surface area contributed by atoms with Gasteiger partial charge in [0, 0.05) is 18.7 Å². The van der Waals surface area contributed by atoms with E-state index in [2.05, 4.69) is 10.2 Å². The van der Waals surface area contributed by atoms with Gasteiger partial charge in [-0.15, -0.1) is 0 Å². The summed E-state index contributed by atoms with van der Waals surface area (Å²) in [6, 6.07) is 5.58. The Hall–Kier alpha value is -1.50. The van der Waals surface area contributed by atoms with Crippen molar-refractivity contribution in [1.29, 1.82) is 0 Å². The van der Waals surface area contributed by atoms with Crippen LogP contribution in [0.15, 0.2) is 23.1 Å². The van der Waals surface area contributed by atoms with Crippen LogP contribution in [0.2, 0.25) is 5.02 Å². The lowest BCUT2D eigenvalue weighted by Gasteiger charge is -2.22. The van der Waals surface area contributed by atoms with E-state index >= 15 is 0 Å². The predicted octanol–water partition coefficient (Wildman–Crippen LogP) is 2.45. The molecule has 2 heterocycles. The molecule has 0 bridgehead atoms. The molecular formula is C15H16ClN3O2S. The SMILES string of the molecule is NC[C@H]1CCN(c2c(Cl)cccc2/C=C2\SC(=O)NC2=O)C1. The van der Waals surface area contributed by atoms with Crippen molar-refractivity contribution in [3.63, 3.8) is 0 Å². The molecule has 0 unspecified atom stereocenters. The highest BCUT2D eigenvalue weighted by molar-refractivity contribution is 8.18.